The smallest absolute Gasteiger partial charge is 0.243 e. The second kappa shape index (κ2) is 7.64. The first-order valence-corrected chi connectivity index (χ1v) is 9.16. The number of benzene rings is 2. The predicted octanol–water partition coefficient (Wildman–Crippen LogP) is 4.67. The maximum Gasteiger partial charge on any atom is 0.243 e. The van der Waals surface area contributed by atoms with Crippen molar-refractivity contribution in [2.75, 3.05) is 0 Å². The van der Waals surface area contributed by atoms with Crippen LogP contribution in [-0.4, -0.2) is 16.2 Å². The summed E-state index contributed by atoms with van der Waals surface area (Å²) in [4.78, 5) is 12.1. The summed E-state index contributed by atoms with van der Waals surface area (Å²) in [7, 11) is 0. The van der Waals surface area contributed by atoms with Crippen molar-refractivity contribution in [3.05, 3.63) is 94.2 Å². The molecule has 128 valence electrons. The summed E-state index contributed by atoms with van der Waals surface area (Å²) in [6, 6.07) is 21.9. The van der Waals surface area contributed by atoms with Gasteiger partial charge in [-0.05, 0) is 33.5 Å². The fourth-order valence-corrected chi connectivity index (χ4v) is 3.98. The molecule has 0 unspecified atom stereocenters. The van der Waals surface area contributed by atoms with Crippen molar-refractivity contribution in [3.63, 3.8) is 0 Å². The van der Waals surface area contributed by atoms with E-state index in [0.29, 0.717) is 12.8 Å². The highest BCUT2D eigenvalue weighted by Crippen LogP contribution is 2.36. The number of rotatable bonds is 6. The Hall–Kier alpha value is -2.43. The van der Waals surface area contributed by atoms with Gasteiger partial charge in [0.05, 0.1) is 0 Å². The highest BCUT2D eigenvalue weighted by molar-refractivity contribution is 7.08. The average molecular weight is 351 g/mol. The van der Waals surface area contributed by atoms with Gasteiger partial charge in [-0.15, -0.1) is 0 Å². The van der Waals surface area contributed by atoms with Crippen LogP contribution in [0.2, 0.25) is 0 Å². The van der Waals surface area contributed by atoms with Crippen molar-refractivity contribution >= 4 is 17.2 Å². The molecule has 3 nitrogen and oxygen atoms in total. The molecule has 25 heavy (non-hydrogen) atoms. The lowest BCUT2D eigenvalue weighted by atomic mass is 9.79. The maximum atomic E-state index is 12.1. The van der Waals surface area contributed by atoms with Gasteiger partial charge in [0.15, 0.2) is 0 Å². The van der Waals surface area contributed by atoms with Crippen molar-refractivity contribution < 1.29 is 10.0 Å². The zero-order valence-corrected chi connectivity index (χ0v) is 14.9. The molecule has 1 heterocycles. The molecular formula is C21H21NO2S. The topological polar surface area (TPSA) is 40.5 Å². The Morgan fingerprint density at radius 1 is 0.960 bits per heavy atom. The van der Waals surface area contributed by atoms with Crippen LogP contribution in [0.1, 0.15) is 23.6 Å². The molecule has 1 N–H and O–H groups in total. The molecule has 4 heteroatoms. The van der Waals surface area contributed by atoms with E-state index < -0.39 is 5.54 Å². The molecule has 3 rings (SSSR count). The van der Waals surface area contributed by atoms with Crippen LogP contribution >= 0.6 is 11.3 Å². The number of hydroxylamine groups is 2. The Morgan fingerprint density at radius 2 is 1.48 bits per heavy atom. The molecule has 0 saturated carbocycles. The van der Waals surface area contributed by atoms with Crippen LogP contribution in [0.3, 0.4) is 0 Å². The van der Waals surface area contributed by atoms with Gasteiger partial charge < -0.3 is 0 Å². The van der Waals surface area contributed by atoms with Crippen LogP contribution in [0.25, 0.3) is 0 Å². The van der Waals surface area contributed by atoms with Crippen LogP contribution in [0.15, 0.2) is 77.5 Å². The van der Waals surface area contributed by atoms with Crippen LogP contribution in [0, 0.1) is 0 Å². The summed E-state index contributed by atoms with van der Waals surface area (Å²) in [6.45, 7) is 1.40. The molecule has 0 fully saturated rings. The molecule has 1 aromatic heterocycles. The van der Waals surface area contributed by atoms with Crippen LogP contribution < -0.4 is 0 Å². The molecule has 0 atom stereocenters. The first-order valence-electron chi connectivity index (χ1n) is 8.22. The SMILES string of the molecule is CC(=O)N(O)C(Cc1ccccc1)(Cc1ccccc1)c1ccsc1. The minimum absolute atomic E-state index is 0.363. The van der Waals surface area contributed by atoms with E-state index in [-0.39, 0.29) is 5.91 Å². The molecule has 0 aliphatic rings. The normalized spacial score (nSPS) is 11.3. The third-order valence-corrected chi connectivity index (χ3v) is 5.12. The molecule has 0 aliphatic heterocycles. The highest BCUT2D eigenvalue weighted by Gasteiger charge is 2.40. The Morgan fingerprint density at radius 3 is 1.88 bits per heavy atom. The van der Waals surface area contributed by atoms with Crippen molar-refractivity contribution in [2.24, 2.45) is 0 Å². The molecule has 0 radical (unpaired) electrons. The van der Waals surface area contributed by atoms with E-state index in [9.17, 15) is 10.0 Å². The predicted molar refractivity (Wildman–Crippen MR) is 101 cm³/mol. The quantitative estimate of drug-likeness (QED) is 0.518. The number of amides is 1. The fourth-order valence-electron chi connectivity index (χ4n) is 3.24. The number of hydrogen-bond donors (Lipinski definition) is 1. The monoisotopic (exact) mass is 351 g/mol. The lowest BCUT2D eigenvalue weighted by Crippen LogP contribution is -2.49. The first-order chi connectivity index (χ1) is 12.1. The molecule has 0 aliphatic carbocycles. The Labute approximate surface area is 152 Å². The van der Waals surface area contributed by atoms with E-state index in [1.807, 2.05) is 77.5 Å². The molecular weight excluding hydrogens is 330 g/mol. The van der Waals surface area contributed by atoms with Crippen LogP contribution in [-0.2, 0) is 23.2 Å². The van der Waals surface area contributed by atoms with Gasteiger partial charge in [0.1, 0.15) is 5.54 Å². The number of carbonyl (C=O) groups is 1. The minimum atomic E-state index is -0.839. The lowest BCUT2D eigenvalue weighted by molar-refractivity contribution is -0.195. The number of nitrogens with zero attached hydrogens (tertiary/aromatic N) is 1. The Kier molecular flexibility index (Phi) is 5.31. The number of hydrogen-bond acceptors (Lipinski definition) is 3. The van der Waals surface area contributed by atoms with E-state index in [1.54, 1.807) is 11.3 Å². The van der Waals surface area contributed by atoms with Crippen molar-refractivity contribution in [3.8, 4) is 0 Å². The van der Waals surface area contributed by atoms with Crippen molar-refractivity contribution in [1.82, 2.24) is 5.06 Å². The minimum Gasteiger partial charge on any atom is -0.285 e. The zero-order valence-electron chi connectivity index (χ0n) is 14.1. The second-order valence-corrected chi connectivity index (χ2v) is 6.98. The lowest BCUT2D eigenvalue weighted by Gasteiger charge is -2.40. The summed E-state index contributed by atoms with van der Waals surface area (Å²) in [6.07, 6.45) is 1.07. The van der Waals surface area contributed by atoms with Crippen LogP contribution in [0.4, 0.5) is 0 Å². The zero-order chi connectivity index (χ0) is 17.7. The van der Waals surface area contributed by atoms with Gasteiger partial charge in [-0.3, -0.25) is 10.0 Å². The van der Waals surface area contributed by atoms with E-state index in [1.165, 1.54) is 6.92 Å². The Bertz CT molecular complexity index is 759. The summed E-state index contributed by atoms with van der Waals surface area (Å²) >= 11 is 1.57. The van der Waals surface area contributed by atoms with E-state index in [0.717, 1.165) is 21.8 Å². The third kappa shape index (κ3) is 3.81. The first kappa shape index (κ1) is 17.4. The number of carbonyl (C=O) groups excluding carboxylic acids is 1. The molecule has 1 amide bonds. The molecule has 0 spiro atoms. The van der Waals surface area contributed by atoms with Gasteiger partial charge in [0.2, 0.25) is 5.91 Å². The molecule has 0 saturated heterocycles. The van der Waals surface area contributed by atoms with Gasteiger partial charge in [0, 0.05) is 19.8 Å². The molecule has 3 aromatic rings. The largest absolute Gasteiger partial charge is 0.285 e. The standard InChI is InChI=1S/C21H21NO2S/c1-17(23)22(24)21(20-12-13-25-16-20,14-18-8-4-2-5-9-18)15-19-10-6-3-7-11-19/h2-13,16,24H,14-15H2,1H3. The summed E-state index contributed by atoms with van der Waals surface area (Å²) in [5, 5.41) is 15.7. The number of thiophene rings is 1. The maximum absolute atomic E-state index is 12.1. The van der Waals surface area contributed by atoms with Crippen molar-refractivity contribution in [2.45, 2.75) is 25.3 Å². The van der Waals surface area contributed by atoms with Gasteiger partial charge in [0.25, 0.3) is 0 Å². The van der Waals surface area contributed by atoms with Gasteiger partial charge in [-0.25, -0.2) is 5.06 Å². The molecule has 2 aromatic carbocycles. The molecule has 0 bridgehead atoms. The van der Waals surface area contributed by atoms with E-state index in [4.69, 9.17) is 0 Å². The van der Waals surface area contributed by atoms with E-state index >= 15 is 0 Å². The summed E-state index contributed by atoms with van der Waals surface area (Å²) in [5.41, 5.74) is 2.26. The van der Waals surface area contributed by atoms with E-state index in [2.05, 4.69) is 0 Å². The Balaban J connectivity index is 2.11. The summed E-state index contributed by atoms with van der Waals surface area (Å²) in [5.74, 6) is -0.363. The summed E-state index contributed by atoms with van der Waals surface area (Å²) < 4.78 is 0. The van der Waals surface area contributed by atoms with Crippen LogP contribution in [0.5, 0.6) is 0 Å². The third-order valence-electron chi connectivity index (χ3n) is 4.44. The second-order valence-electron chi connectivity index (χ2n) is 6.20. The van der Waals surface area contributed by atoms with Gasteiger partial charge >= 0.3 is 0 Å². The highest BCUT2D eigenvalue weighted by atomic mass is 32.1. The average Bonchev–Trinajstić information content (AvgIpc) is 3.17. The van der Waals surface area contributed by atoms with Gasteiger partial charge in [-0.1, -0.05) is 60.7 Å². The van der Waals surface area contributed by atoms with Gasteiger partial charge in [-0.2, -0.15) is 11.3 Å². The fraction of sp³-hybridized carbons (Fsp3) is 0.190. The van der Waals surface area contributed by atoms with Crippen molar-refractivity contribution in [1.29, 1.82) is 0 Å².